The van der Waals surface area contributed by atoms with Crippen molar-refractivity contribution in [3.8, 4) is 0 Å². The van der Waals surface area contributed by atoms with Gasteiger partial charge in [-0.3, -0.25) is 10.1 Å². The van der Waals surface area contributed by atoms with Crippen LogP contribution in [0.2, 0.25) is 0 Å². The Bertz CT molecular complexity index is 355. The van der Waals surface area contributed by atoms with Gasteiger partial charge in [-0.15, -0.1) is 0 Å². The molecule has 0 bridgehead atoms. The Morgan fingerprint density at radius 3 is 2.47 bits per heavy atom. The number of nitrogens with zero attached hydrogens (tertiary/aromatic N) is 1. The van der Waals surface area contributed by atoms with Gasteiger partial charge in [0.05, 0.1) is 4.92 Å². The summed E-state index contributed by atoms with van der Waals surface area (Å²) in [6.45, 7) is 3.95. The quantitative estimate of drug-likeness (QED) is 0.558. The third-order valence-electron chi connectivity index (χ3n) is 1.98. The minimum atomic E-state index is -0.299. The van der Waals surface area contributed by atoms with Gasteiger partial charge in [-0.05, 0) is 11.5 Å². The number of hydrogen-bond acceptors (Lipinski definition) is 2. The molecule has 0 aromatic heterocycles. The largest absolute Gasteiger partial charge is 0.259 e. The van der Waals surface area contributed by atoms with E-state index in [0.717, 1.165) is 5.56 Å². The van der Waals surface area contributed by atoms with E-state index in [9.17, 15) is 10.1 Å². The van der Waals surface area contributed by atoms with E-state index in [1.165, 1.54) is 0 Å². The van der Waals surface area contributed by atoms with Crippen molar-refractivity contribution in [2.45, 2.75) is 20.3 Å². The summed E-state index contributed by atoms with van der Waals surface area (Å²) < 4.78 is 0. The van der Waals surface area contributed by atoms with Crippen molar-refractivity contribution < 1.29 is 4.92 Å². The number of rotatable bonds is 4. The van der Waals surface area contributed by atoms with Crippen LogP contribution in [0, 0.1) is 16.0 Å². The molecule has 0 saturated carbocycles. The average Bonchev–Trinajstić information content (AvgIpc) is 2.17. The Balaban J connectivity index is 2.89. The van der Waals surface area contributed by atoms with Crippen molar-refractivity contribution in [1.82, 2.24) is 0 Å². The highest BCUT2D eigenvalue weighted by Gasteiger charge is 2.12. The summed E-state index contributed by atoms with van der Waals surface area (Å²) in [6, 6.07) is 9.37. The van der Waals surface area contributed by atoms with Crippen LogP contribution in [0.5, 0.6) is 0 Å². The first-order valence-electron chi connectivity index (χ1n) is 4.99. The molecule has 0 aliphatic carbocycles. The summed E-state index contributed by atoms with van der Waals surface area (Å²) in [5.41, 5.74) is 1.15. The first-order chi connectivity index (χ1) is 7.09. The molecule has 0 saturated heterocycles. The fourth-order valence-electron chi connectivity index (χ4n) is 1.35. The lowest BCUT2D eigenvalue weighted by Gasteiger charge is -2.02. The second-order valence-corrected chi connectivity index (χ2v) is 3.90. The second-order valence-electron chi connectivity index (χ2n) is 3.90. The van der Waals surface area contributed by atoms with Gasteiger partial charge >= 0.3 is 0 Å². The highest BCUT2D eigenvalue weighted by Crippen LogP contribution is 2.15. The minimum Gasteiger partial charge on any atom is -0.259 e. The highest BCUT2D eigenvalue weighted by molar-refractivity contribution is 5.50. The zero-order valence-corrected chi connectivity index (χ0v) is 9.01. The highest BCUT2D eigenvalue weighted by atomic mass is 16.6. The van der Waals surface area contributed by atoms with Crippen LogP contribution in [0.25, 0.3) is 6.08 Å². The maximum atomic E-state index is 10.8. The predicted octanol–water partition coefficient (Wildman–Crippen LogP) is 3.35. The molecule has 1 aromatic carbocycles. The van der Waals surface area contributed by atoms with Gasteiger partial charge in [-0.2, -0.15) is 0 Å². The molecule has 1 rings (SSSR count). The first kappa shape index (κ1) is 11.4. The van der Waals surface area contributed by atoms with E-state index in [4.69, 9.17) is 0 Å². The number of allylic oxidation sites excluding steroid dienone is 1. The van der Waals surface area contributed by atoms with Gasteiger partial charge < -0.3 is 0 Å². The fourth-order valence-corrected chi connectivity index (χ4v) is 1.35. The van der Waals surface area contributed by atoms with Gasteiger partial charge in [-0.25, -0.2) is 0 Å². The lowest BCUT2D eigenvalue weighted by Crippen LogP contribution is -2.02. The van der Waals surface area contributed by atoms with Crippen LogP contribution in [0.4, 0.5) is 0 Å². The van der Waals surface area contributed by atoms with Crippen molar-refractivity contribution >= 4 is 6.08 Å². The molecule has 0 aliphatic heterocycles. The molecule has 0 amide bonds. The van der Waals surface area contributed by atoms with Crippen molar-refractivity contribution in [2.24, 2.45) is 5.92 Å². The molecule has 15 heavy (non-hydrogen) atoms. The van der Waals surface area contributed by atoms with Crippen molar-refractivity contribution in [2.75, 3.05) is 0 Å². The number of hydrogen-bond donors (Lipinski definition) is 0. The van der Waals surface area contributed by atoms with Crippen LogP contribution in [0.1, 0.15) is 25.8 Å². The molecular weight excluding hydrogens is 190 g/mol. The van der Waals surface area contributed by atoms with E-state index in [-0.39, 0.29) is 10.6 Å². The Kier molecular flexibility index (Phi) is 4.03. The van der Waals surface area contributed by atoms with E-state index < -0.39 is 0 Å². The van der Waals surface area contributed by atoms with E-state index in [2.05, 4.69) is 0 Å². The maximum Gasteiger partial charge on any atom is 0.247 e. The first-order valence-corrected chi connectivity index (χ1v) is 4.99. The number of benzene rings is 1. The smallest absolute Gasteiger partial charge is 0.247 e. The van der Waals surface area contributed by atoms with Crippen LogP contribution < -0.4 is 0 Å². The standard InChI is InChI=1S/C12H15NO2/c1-10(2)8-12(13(14)15)9-11-6-4-3-5-7-11/h3-7,9-10H,8H2,1-2H3. The molecule has 0 N–H and O–H groups in total. The summed E-state index contributed by atoms with van der Waals surface area (Å²) in [6.07, 6.45) is 2.14. The van der Waals surface area contributed by atoms with Gasteiger partial charge in [0, 0.05) is 12.5 Å². The lowest BCUT2D eigenvalue weighted by molar-refractivity contribution is -0.427. The monoisotopic (exact) mass is 205 g/mol. The van der Waals surface area contributed by atoms with E-state index in [1.807, 2.05) is 44.2 Å². The molecule has 0 spiro atoms. The molecule has 0 atom stereocenters. The predicted molar refractivity (Wildman–Crippen MR) is 60.9 cm³/mol. The molecule has 0 aliphatic rings. The zero-order valence-electron chi connectivity index (χ0n) is 9.01. The summed E-state index contributed by atoms with van der Waals surface area (Å²) >= 11 is 0. The Morgan fingerprint density at radius 1 is 1.40 bits per heavy atom. The lowest BCUT2D eigenvalue weighted by atomic mass is 10.1. The van der Waals surface area contributed by atoms with E-state index in [0.29, 0.717) is 12.3 Å². The van der Waals surface area contributed by atoms with Gasteiger partial charge in [0.15, 0.2) is 0 Å². The minimum absolute atomic E-state index is 0.274. The zero-order chi connectivity index (χ0) is 11.3. The fraction of sp³-hybridized carbons (Fsp3) is 0.333. The summed E-state index contributed by atoms with van der Waals surface area (Å²) in [5, 5.41) is 10.8. The molecular formula is C12H15NO2. The maximum absolute atomic E-state index is 10.8. The molecule has 0 unspecified atom stereocenters. The topological polar surface area (TPSA) is 43.1 Å². The SMILES string of the molecule is CC(C)CC(=Cc1ccccc1)[N+](=O)[O-]. The summed E-state index contributed by atoms with van der Waals surface area (Å²) in [5.74, 6) is 0.297. The van der Waals surface area contributed by atoms with E-state index in [1.54, 1.807) is 6.08 Å². The van der Waals surface area contributed by atoms with Crippen molar-refractivity contribution in [3.63, 3.8) is 0 Å². The molecule has 80 valence electrons. The van der Waals surface area contributed by atoms with Crippen LogP contribution >= 0.6 is 0 Å². The van der Waals surface area contributed by atoms with Gasteiger partial charge in [0.25, 0.3) is 0 Å². The molecule has 1 aromatic rings. The normalized spacial score (nSPS) is 11.8. The Hall–Kier alpha value is -1.64. The summed E-state index contributed by atoms with van der Waals surface area (Å²) in [7, 11) is 0. The van der Waals surface area contributed by atoms with Gasteiger partial charge in [0.2, 0.25) is 5.70 Å². The molecule has 3 nitrogen and oxygen atoms in total. The van der Waals surface area contributed by atoms with Crippen LogP contribution in [0.3, 0.4) is 0 Å². The second kappa shape index (κ2) is 5.29. The molecule has 0 heterocycles. The van der Waals surface area contributed by atoms with Crippen LogP contribution in [-0.4, -0.2) is 4.92 Å². The van der Waals surface area contributed by atoms with Crippen LogP contribution in [0.15, 0.2) is 36.0 Å². The molecule has 0 radical (unpaired) electrons. The van der Waals surface area contributed by atoms with Crippen LogP contribution in [-0.2, 0) is 0 Å². The van der Waals surface area contributed by atoms with Crippen molar-refractivity contribution in [1.29, 1.82) is 0 Å². The van der Waals surface area contributed by atoms with Gasteiger partial charge in [-0.1, -0.05) is 44.2 Å². The number of nitro groups is 1. The van der Waals surface area contributed by atoms with Gasteiger partial charge in [0.1, 0.15) is 0 Å². The molecule has 3 heteroatoms. The Labute approximate surface area is 89.6 Å². The molecule has 0 fully saturated rings. The Morgan fingerprint density at radius 2 is 2.00 bits per heavy atom. The van der Waals surface area contributed by atoms with E-state index >= 15 is 0 Å². The third kappa shape index (κ3) is 3.94. The average molecular weight is 205 g/mol. The van der Waals surface area contributed by atoms with Crippen molar-refractivity contribution in [3.05, 3.63) is 51.7 Å². The summed E-state index contributed by atoms with van der Waals surface area (Å²) in [4.78, 5) is 10.5. The third-order valence-corrected chi connectivity index (χ3v) is 1.98.